The second-order valence-electron chi connectivity index (χ2n) is 3.98. The topological polar surface area (TPSA) is 12.0 Å². The van der Waals surface area contributed by atoms with Crippen LogP contribution in [0.25, 0.3) is 0 Å². The highest BCUT2D eigenvalue weighted by atomic mass is 35.5. The predicted molar refractivity (Wildman–Crippen MR) is 66.0 cm³/mol. The van der Waals surface area contributed by atoms with E-state index in [0.717, 1.165) is 24.9 Å². The van der Waals surface area contributed by atoms with Crippen LogP contribution < -0.4 is 5.32 Å². The molecule has 1 N–H and O–H groups in total. The second kappa shape index (κ2) is 4.50. The van der Waals surface area contributed by atoms with Crippen LogP contribution in [0.15, 0.2) is 18.2 Å². The van der Waals surface area contributed by atoms with Gasteiger partial charge in [0.2, 0.25) is 0 Å². The molecule has 1 saturated carbocycles. The fraction of sp³-hybridized carbons (Fsp3) is 0.455. The third kappa shape index (κ3) is 2.59. The lowest BCUT2D eigenvalue weighted by Gasteiger charge is -2.14. The minimum absolute atomic E-state index is 0.146. The van der Waals surface area contributed by atoms with E-state index in [1.54, 1.807) is 6.07 Å². The lowest BCUT2D eigenvalue weighted by Crippen LogP contribution is -2.32. The van der Waals surface area contributed by atoms with Crippen LogP contribution in [0.5, 0.6) is 0 Å². The highest BCUT2D eigenvalue weighted by Gasteiger charge is 2.41. The highest BCUT2D eigenvalue weighted by Crippen LogP contribution is 2.37. The van der Waals surface area contributed by atoms with E-state index in [1.165, 1.54) is 0 Å². The van der Waals surface area contributed by atoms with E-state index < -0.39 is 0 Å². The molecule has 0 heterocycles. The Morgan fingerprint density at radius 3 is 2.60 bits per heavy atom. The molecule has 0 spiro atoms. The van der Waals surface area contributed by atoms with Crippen LogP contribution >= 0.6 is 34.8 Å². The summed E-state index contributed by atoms with van der Waals surface area (Å²) in [4.78, 5) is 0. The number of nitrogens with one attached hydrogen (secondary N) is 1. The molecule has 0 aromatic heterocycles. The van der Waals surface area contributed by atoms with Crippen LogP contribution in [0.4, 0.5) is 0 Å². The van der Waals surface area contributed by atoms with Gasteiger partial charge in [-0.05, 0) is 24.5 Å². The van der Waals surface area contributed by atoms with Gasteiger partial charge in [0.05, 0.1) is 10.0 Å². The van der Waals surface area contributed by atoms with Gasteiger partial charge < -0.3 is 5.32 Å². The van der Waals surface area contributed by atoms with Crippen molar-refractivity contribution in [3.05, 3.63) is 33.8 Å². The zero-order valence-corrected chi connectivity index (χ0v) is 10.5. The van der Waals surface area contributed by atoms with E-state index in [9.17, 15) is 0 Å². The Labute approximate surface area is 105 Å². The molecule has 0 aliphatic heterocycles. The van der Waals surface area contributed by atoms with Crippen LogP contribution in [0.1, 0.15) is 18.4 Å². The maximum Gasteiger partial charge on any atom is 0.0637 e. The Bertz CT molecular complexity index is 361. The summed E-state index contributed by atoms with van der Waals surface area (Å²) in [5.41, 5.74) is 1.17. The Hall–Kier alpha value is 0.0500. The van der Waals surface area contributed by atoms with Gasteiger partial charge in [-0.1, -0.05) is 35.3 Å². The van der Waals surface area contributed by atoms with Gasteiger partial charge in [0.1, 0.15) is 0 Å². The van der Waals surface area contributed by atoms with E-state index in [4.69, 9.17) is 34.8 Å². The molecule has 0 amide bonds. The van der Waals surface area contributed by atoms with E-state index in [2.05, 4.69) is 5.32 Å². The molecule has 1 aromatic carbocycles. The average Bonchev–Trinajstić information content (AvgIpc) is 3.01. The summed E-state index contributed by atoms with van der Waals surface area (Å²) >= 11 is 17.9. The molecule has 82 valence electrons. The summed E-state index contributed by atoms with van der Waals surface area (Å²) < 4.78 is 0. The third-order valence-corrected chi connectivity index (χ3v) is 4.16. The van der Waals surface area contributed by atoms with E-state index >= 15 is 0 Å². The van der Waals surface area contributed by atoms with Crippen molar-refractivity contribution in [1.29, 1.82) is 0 Å². The molecule has 0 atom stereocenters. The fourth-order valence-electron chi connectivity index (χ4n) is 1.48. The van der Waals surface area contributed by atoms with Gasteiger partial charge in [0.15, 0.2) is 0 Å². The summed E-state index contributed by atoms with van der Waals surface area (Å²) in [6, 6.07) is 5.68. The Balaban J connectivity index is 2.02. The average molecular weight is 265 g/mol. The number of hydrogen-bond acceptors (Lipinski definition) is 1. The van der Waals surface area contributed by atoms with Crippen molar-refractivity contribution in [2.24, 2.45) is 0 Å². The number of benzene rings is 1. The van der Waals surface area contributed by atoms with Gasteiger partial charge in [-0.3, -0.25) is 0 Å². The Morgan fingerprint density at radius 2 is 2.00 bits per heavy atom. The van der Waals surface area contributed by atoms with Crippen molar-refractivity contribution in [2.45, 2.75) is 24.9 Å². The normalized spacial score (nSPS) is 17.8. The van der Waals surface area contributed by atoms with E-state index in [-0.39, 0.29) is 5.54 Å². The first-order chi connectivity index (χ1) is 7.17. The van der Waals surface area contributed by atoms with Gasteiger partial charge in [0, 0.05) is 18.0 Å². The van der Waals surface area contributed by atoms with Crippen molar-refractivity contribution >= 4 is 34.8 Å². The molecular formula is C11H12Cl3N. The molecule has 0 bridgehead atoms. The summed E-state index contributed by atoms with van der Waals surface area (Å²) in [6.07, 6.45) is 2.30. The minimum atomic E-state index is 0.146. The number of alkyl halides is 1. The number of hydrogen-bond donors (Lipinski definition) is 1. The lowest BCUT2D eigenvalue weighted by molar-refractivity contribution is 0.543. The second-order valence-corrected chi connectivity index (χ2v) is 5.03. The minimum Gasteiger partial charge on any atom is -0.306 e. The fourth-order valence-corrected chi connectivity index (χ4v) is 2.22. The Morgan fingerprint density at radius 1 is 1.27 bits per heavy atom. The van der Waals surface area contributed by atoms with Crippen LogP contribution in [0.3, 0.4) is 0 Å². The molecule has 0 unspecified atom stereocenters. The highest BCUT2D eigenvalue weighted by molar-refractivity contribution is 6.42. The molecular weight excluding hydrogens is 252 g/mol. The monoisotopic (exact) mass is 263 g/mol. The Kier molecular flexibility index (Phi) is 3.46. The summed E-state index contributed by atoms with van der Waals surface area (Å²) in [6.45, 7) is 0.728. The maximum absolute atomic E-state index is 6.08. The smallest absolute Gasteiger partial charge is 0.0637 e. The molecule has 1 fully saturated rings. The molecule has 1 aliphatic carbocycles. The zero-order valence-electron chi connectivity index (χ0n) is 8.19. The van der Waals surface area contributed by atoms with Crippen LogP contribution in [0.2, 0.25) is 10.0 Å². The molecule has 15 heavy (non-hydrogen) atoms. The zero-order chi connectivity index (χ0) is 10.9. The van der Waals surface area contributed by atoms with Crippen molar-refractivity contribution in [1.82, 2.24) is 5.32 Å². The third-order valence-electron chi connectivity index (χ3n) is 2.79. The molecule has 2 rings (SSSR count). The van der Waals surface area contributed by atoms with Gasteiger partial charge in [-0.2, -0.15) is 0 Å². The van der Waals surface area contributed by atoms with Gasteiger partial charge in [0.25, 0.3) is 0 Å². The first-order valence-corrected chi connectivity index (χ1v) is 6.20. The summed E-state index contributed by atoms with van der Waals surface area (Å²) in [5.74, 6) is 0.658. The van der Waals surface area contributed by atoms with Crippen LogP contribution in [-0.2, 0) is 6.54 Å². The van der Waals surface area contributed by atoms with Crippen LogP contribution in [-0.4, -0.2) is 11.4 Å². The van der Waals surface area contributed by atoms with Crippen molar-refractivity contribution < 1.29 is 0 Å². The van der Waals surface area contributed by atoms with Crippen molar-refractivity contribution in [3.63, 3.8) is 0 Å². The summed E-state index contributed by atoms with van der Waals surface area (Å²) in [7, 11) is 0. The van der Waals surface area contributed by atoms with E-state index in [1.807, 2.05) is 12.1 Å². The maximum atomic E-state index is 6.08. The quantitative estimate of drug-likeness (QED) is 0.815. The van der Waals surface area contributed by atoms with Crippen molar-refractivity contribution in [2.75, 3.05) is 5.88 Å². The first kappa shape index (κ1) is 11.5. The van der Waals surface area contributed by atoms with Gasteiger partial charge in [-0.25, -0.2) is 0 Å². The molecule has 0 radical (unpaired) electrons. The lowest BCUT2D eigenvalue weighted by atomic mass is 10.2. The van der Waals surface area contributed by atoms with Crippen molar-refractivity contribution in [3.8, 4) is 0 Å². The largest absolute Gasteiger partial charge is 0.306 e. The SMILES string of the molecule is ClCC1(NCc2cccc(Cl)c2Cl)CC1. The van der Waals surface area contributed by atoms with Crippen LogP contribution in [0, 0.1) is 0 Å². The predicted octanol–water partition coefficient (Wildman–Crippen LogP) is 3.85. The molecule has 1 aliphatic rings. The standard InChI is InChI=1S/C11H12Cl3N/c12-7-11(4-5-11)15-6-8-2-1-3-9(13)10(8)14/h1-3,15H,4-7H2. The number of rotatable bonds is 4. The number of halogens is 3. The van der Waals surface area contributed by atoms with Gasteiger partial charge in [-0.15, -0.1) is 11.6 Å². The van der Waals surface area contributed by atoms with Gasteiger partial charge >= 0.3 is 0 Å². The molecule has 4 heteroatoms. The molecule has 1 aromatic rings. The molecule has 1 nitrogen and oxygen atoms in total. The van der Waals surface area contributed by atoms with E-state index in [0.29, 0.717) is 15.9 Å². The summed E-state index contributed by atoms with van der Waals surface area (Å²) in [5, 5.41) is 4.67. The molecule has 0 saturated heterocycles. The first-order valence-electron chi connectivity index (χ1n) is 4.91.